The van der Waals surface area contributed by atoms with E-state index in [0.29, 0.717) is 25.9 Å². The van der Waals surface area contributed by atoms with Gasteiger partial charge in [0.05, 0.1) is 0 Å². The molecule has 0 atom stereocenters. The molecule has 0 radical (unpaired) electrons. The zero-order valence-electron chi connectivity index (χ0n) is 18.2. The lowest BCUT2D eigenvalue weighted by atomic mass is 9.81. The van der Waals surface area contributed by atoms with Crippen LogP contribution in [0.3, 0.4) is 0 Å². The fourth-order valence-corrected chi connectivity index (χ4v) is 5.26. The van der Waals surface area contributed by atoms with E-state index in [-0.39, 0.29) is 24.4 Å². The van der Waals surface area contributed by atoms with Crippen molar-refractivity contribution in [1.82, 2.24) is 19.6 Å². The van der Waals surface area contributed by atoms with Crippen LogP contribution in [0.5, 0.6) is 0 Å². The quantitative estimate of drug-likeness (QED) is 0.667. The van der Waals surface area contributed by atoms with Crippen LogP contribution in [-0.2, 0) is 16.1 Å². The maximum Gasteiger partial charge on any atom is 0.327 e. The lowest BCUT2D eigenvalue weighted by Crippen LogP contribution is -2.49. The molecule has 7 nitrogen and oxygen atoms in total. The maximum absolute atomic E-state index is 13.1. The van der Waals surface area contributed by atoms with Crippen LogP contribution in [-0.4, -0.2) is 82.8 Å². The SMILES string of the molecule is CN1C(=O)N(CC(=O)N2CCCN(Cc3ccc(Cl)cc3)CC2)C(=O)C12CCCCC2. The summed E-state index contributed by atoms with van der Waals surface area (Å²) in [6, 6.07) is 7.51. The molecule has 2 heterocycles. The first kappa shape index (κ1) is 22.1. The van der Waals surface area contributed by atoms with Crippen LogP contribution in [0.4, 0.5) is 4.79 Å². The van der Waals surface area contributed by atoms with Crippen molar-refractivity contribution in [2.45, 2.75) is 50.6 Å². The molecule has 0 bridgehead atoms. The standard InChI is InChI=1S/C23H31ClN4O3/c1-25-22(31)28(21(30)23(25)10-3-2-4-11-23)17-20(29)27-13-5-12-26(14-15-27)16-18-6-8-19(24)9-7-18/h6-9H,2-5,10-17H2,1H3. The molecule has 0 unspecified atom stereocenters. The lowest BCUT2D eigenvalue weighted by Gasteiger charge is -2.35. The molecule has 2 saturated heterocycles. The summed E-state index contributed by atoms with van der Waals surface area (Å²) in [7, 11) is 1.70. The highest BCUT2D eigenvalue weighted by Crippen LogP contribution is 2.39. The molecule has 1 spiro atoms. The normalized spacial score (nSPS) is 22.3. The third-order valence-electron chi connectivity index (χ3n) is 7.04. The summed E-state index contributed by atoms with van der Waals surface area (Å²) in [4.78, 5) is 45.8. The number of nitrogens with zero attached hydrogens (tertiary/aromatic N) is 4. The molecule has 4 amide bonds. The Bertz CT molecular complexity index is 838. The van der Waals surface area contributed by atoms with Crippen LogP contribution in [0.25, 0.3) is 0 Å². The van der Waals surface area contributed by atoms with Crippen LogP contribution < -0.4 is 0 Å². The Hall–Kier alpha value is -2.12. The minimum Gasteiger partial charge on any atom is -0.340 e. The average molecular weight is 447 g/mol. The Kier molecular flexibility index (Phi) is 6.53. The largest absolute Gasteiger partial charge is 0.340 e. The van der Waals surface area contributed by atoms with Crippen LogP contribution in [0.2, 0.25) is 5.02 Å². The number of amides is 4. The van der Waals surface area contributed by atoms with Crippen molar-refractivity contribution in [3.05, 3.63) is 34.9 Å². The Morgan fingerprint density at radius 3 is 2.39 bits per heavy atom. The molecule has 1 saturated carbocycles. The molecule has 168 valence electrons. The summed E-state index contributed by atoms with van der Waals surface area (Å²) < 4.78 is 0. The van der Waals surface area contributed by atoms with Gasteiger partial charge >= 0.3 is 6.03 Å². The summed E-state index contributed by atoms with van der Waals surface area (Å²) in [5.74, 6) is -0.330. The second-order valence-electron chi connectivity index (χ2n) is 8.96. The van der Waals surface area contributed by atoms with Crippen LogP contribution in [0, 0.1) is 0 Å². The van der Waals surface area contributed by atoms with Crippen molar-refractivity contribution in [2.24, 2.45) is 0 Å². The highest BCUT2D eigenvalue weighted by atomic mass is 35.5. The molecule has 8 heteroatoms. The highest BCUT2D eigenvalue weighted by Gasteiger charge is 2.56. The molecular weight excluding hydrogens is 416 g/mol. The van der Waals surface area contributed by atoms with Crippen molar-refractivity contribution in [1.29, 1.82) is 0 Å². The van der Waals surface area contributed by atoms with E-state index in [1.54, 1.807) is 16.8 Å². The number of likely N-dealkylation sites (N-methyl/N-ethyl adjacent to an activating group) is 1. The second-order valence-corrected chi connectivity index (χ2v) is 9.40. The summed E-state index contributed by atoms with van der Waals surface area (Å²) in [5.41, 5.74) is 0.460. The smallest absolute Gasteiger partial charge is 0.327 e. The zero-order chi connectivity index (χ0) is 22.0. The summed E-state index contributed by atoms with van der Waals surface area (Å²) in [6.45, 7) is 3.58. The molecular formula is C23H31ClN4O3. The Morgan fingerprint density at radius 1 is 0.968 bits per heavy atom. The van der Waals surface area contributed by atoms with Crippen LogP contribution in [0.15, 0.2) is 24.3 Å². The predicted octanol–water partition coefficient (Wildman–Crippen LogP) is 2.97. The number of halogens is 1. The van der Waals surface area contributed by atoms with Gasteiger partial charge in [0, 0.05) is 44.8 Å². The lowest BCUT2D eigenvalue weighted by molar-refractivity contribution is -0.140. The van der Waals surface area contributed by atoms with E-state index in [2.05, 4.69) is 4.90 Å². The predicted molar refractivity (Wildman–Crippen MR) is 119 cm³/mol. The number of rotatable bonds is 4. The third-order valence-corrected chi connectivity index (χ3v) is 7.29. The molecule has 3 aliphatic rings. The number of carbonyl (C=O) groups excluding carboxylic acids is 3. The molecule has 0 N–H and O–H groups in total. The average Bonchev–Trinajstić information content (AvgIpc) is 2.96. The summed E-state index contributed by atoms with van der Waals surface area (Å²) in [5, 5.41) is 0.725. The van der Waals surface area contributed by atoms with Crippen LogP contribution in [0.1, 0.15) is 44.1 Å². The fourth-order valence-electron chi connectivity index (χ4n) is 5.13. The van der Waals surface area contributed by atoms with Crippen molar-refractivity contribution in [2.75, 3.05) is 39.8 Å². The van der Waals surface area contributed by atoms with Crippen LogP contribution >= 0.6 is 11.6 Å². The van der Waals surface area contributed by atoms with Gasteiger partial charge in [-0.3, -0.25) is 19.4 Å². The van der Waals surface area contributed by atoms with E-state index in [1.165, 1.54) is 10.5 Å². The van der Waals surface area contributed by atoms with E-state index in [0.717, 1.165) is 50.3 Å². The van der Waals surface area contributed by atoms with Gasteiger partial charge in [-0.05, 0) is 37.0 Å². The minimum atomic E-state index is -0.732. The number of benzene rings is 1. The fraction of sp³-hybridized carbons (Fsp3) is 0.609. The minimum absolute atomic E-state index is 0.142. The first-order valence-electron chi connectivity index (χ1n) is 11.2. The Morgan fingerprint density at radius 2 is 1.68 bits per heavy atom. The third kappa shape index (κ3) is 4.44. The molecule has 4 rings (SSSR count). The summed E-state index contributed by atoms with van der Waals surface area (Å²) in [6.07, 6.45) is 5.24. The molecule has 2 aliphatic heterocycles. The van der Waals surface area contributed by atoms with Gasteiger partial charge in [-0.25, -0.2) is 4.79 Å². The molecule has 31 heavy (non-hydrogen) atoms. The number of urea groups is 1. The van der Waals surface area contributed by atoms with Gasteiger partial charge < -0.3 is 9.80 Å². The molecule has 1 aromatic rings. The number of hydrogen-bond donors (Lipinski definition) is 0. The van der Waals surface area contributed by atoms with Crippen molar-refractivity contribution in [3.8, 4) is 0 Å². The van der Waals surface area contributed by atoms with E-state index >= 15 is 0 Å². The highest BCUT2D eigenvalue weighted by molar-refractivity contribution is 6.30. The Balaban J connectivity index is 1.35. The van der Waals surface area contributed by atoms with Gasteiger partial charge in [-0.2, -0.15) is 0 Å². The van der Waals surface area contributed by atoms with E-state index in [1.807, 2.05) is 24.3 Å². The van der Waals surface area contributed by atoms with Gasteiger partial charge in [-0.15, -0.1) is 0 Å². The number of imide groups is 1. The van der Waals surface area contributed by atoms with Crippen molar-refractivity contribution >= 4 is 29.4 Å². The van der Waals surface area contributed by atoms with E-state index < -0.39 is 5.54 Å². The maximum atomic E-state index is 13.1. The van der Waals surface area contributed by atoms with E-state index in [9.17, 15) is 14.4 Å². The molecule has 0 aromatic heterocycles. The van der Waals surface area contributed by atoms with Crippen molar-refractivity contribution in [3.63, 3.8) is 0 Å². The number of hydrogen-bond acceptors (Lipinski definition) is 4. The van der Waals surface area contributed by atoms with Crippen molar-refractivity contribution < 1.29 is 14.4 Å². The van der Waals surface area contributed by atoms with Gasteiger partial charge in [0.1, 0.15) is 12.1 Å². The number of carbonyl (C=O) groups is 3. The first-order valence-corrected chi connectivity index (χ1v) is 11.6. The van der Waals surface area contributed by atoms with E-state index in [4.69, 9.17) is 11.6 Å². The second kappa shape index (κ2) is 9.17. The topological polar surface area (TPSA) is 64.2 Å². The van der Waals surface area contributed by atoms with Gasteiger partial charge in [0.25, 0.3) is 5.91 Å². The Labute approximate surface area is 188 Å². The van der Waals surface area contributed by atoms with Gasteiger partial charge in [0.2, 0.25) is 5.91 Å². The molecule has 1 aromatic carbocycles. The first-order chi connectivity index (χ1) is 14.9. The summed E-state index contributed by atoms with van der Waals surface area (Å²) >= 11 is 5.97. The zero-order valence-corrected chi connectivity index (χ0v) is 18.9. The molecule has 1 aliphatic carbocycles. The van der Waals surface area contributed by atoms with Gasteiger partial charge in [-0.1, -0.05) is 43.0 Å². The monoisotopic (exact) mass is 446 g/mol. The van der Waals surface area contributed by atoms with Gasteiger partial charge in [0.15, 0.2) is 0 Å². The molecule has 3 fully saturated rings.